The number of fused-ring (bicyclic) bond motifs is 2. The zero-order valence-electron chi connectivity index (χ0n) is 44.2. The number of rotatable bonds is 37. The monoisotopic (exact) mass is 1110 g/mol. The third kappa shape index (κ3) is 20.7. The van der Waals surface area contributed by atoms with E-state index in [0.29, 0.717) is 62.4 Å². The Morgan fingerprint density at radius 3 is 2.10 bits per heavy atom. The summed E-state index contributed by atoms with van der Waals surface area (Å²) < 4.78 is 4.93. The molecule has 28 nitrogen and oxygen atoms in total. The maximum atomic E-state index is 12.5. The number of benzene rings is 2. The molecule has 1 unspecified atom stereocenters. The molecule has 78 heavy (non-hydrogen) atoms. The molecule has 1 amide bonds. The second-order valence-electron chi connectivity index (χ2n) is 20.0. The highest BCUT2D eigenvalue weighted by Gasteiger charge is 2.34. The number of carbonyl (C=O) groups excluding carboxylic acids is 2. The molecular weight excluding hydrogens is 1030 g/mol. The van der Waals surface area contributed by atoms with Gasteiger partial charge >= 0.3 is 5.97 Å². The van der Waals surface area contributed by atoms with Gasteiger partial charge in [0, 0.05) is 50.4 Å². The lowest BCUT2D eigenvalue weighted by Gasteiger charge is -2.31. The molecule has 4 rings (SSSR count). The van der Waals surface area contributed by atoms with E-state index >= 15 is 0 Å². The number of aromatic amines is 1. The molecule has 2 aromatic carbocycles. The number of nitrogens with two attached hydrogens (primary N) is 1. The number of anilines is 1. The first-order valence-corrected chi connectivity index (χ1v) is 26.2. The van der Waals surface area contributed by atoms with E-state index < -0.39 is 136 Å². The average Bonchev–Trinajstić information content (AvgIpc) is 3.83. The molecule has 444 valence electrons. The lowest BCUT2D eigenvalue weighted by Crippen LogP contribution is -2.56. The molecule has 1 aliphatic rings. The number of esters is 1. The molecule has 0 saturated carbocycles. The van der Waals surface area contributed by atoms with Crippen molar-refractivity contribution < 1.29 is 90.9 Å². The number of hydrogen-bond donors (Lipinski definition) is 22. The first-order valence-electron chi connectivity index (χ1n) is 26.2. The Balaban J connectivity index is 1.32. The molecule has 0 saturated heterocycles. The second kappa shape index (κ2) is 33.5. The molecule has 0 spiro atoms. The van der Waals surface area contributed by atoms with Gasteiger partial charge in [0.1, 0.15) is 73.6 Å². The lowest BCUT2D eigenvalue weighted by atomic mass is 10.0. The van der Waals surface area contributed by atoms with Crippen molar-refractivity contribution in [3.8, 4) is 0 Å². The van der Waals surface area contributed by atoms with Crippen molar-refractivity contribution in [1.82, 2.24) is 41.0 Å². The van der Waals surface area contributed by atoms with Crippen molar-refractivity contribution in [3.63, 3.8) is 0 Å². The van der Waals surface area contributed by atoms with E-state index in [1.165, 1.54) is 7.11 Å². The fourth-order valence-electron chi connectivity index (χ4n) is 8.86. The van der Waals surface area contributed by atoms with Gasteiger partial charge in [-0.25, -0.2) is 4.98 Å². The number of H-pyrrole nitrogens is 1. The highest BCUT2D eigenvalue weighted by atomic mass is 16.5. The summed E-state index contributed by atoms with van der Waals surface area (Å²) in [5, 5.41) is 168. The molecule has 0 fully saturated rings. The van der Waals surface area contributed by atoms with Crippen molar-refractivity contribution in [2.75, 3.05) is 58.9 Å². The van der Waals surface area contributed by atoms with E-state index in [2.05, 4.69) is 36.6 Å². The lowest BCUT2D eigenvalue weighted by molar-refractivity contribution is -0.142. The molecule has 0 bridgehead atoms. The van der Waals surface area contributed by atoms with E-state index in [0.717, 1.165) is 16.6 Å². The Hall–Kier alpha value is -4.19. The van der Waals surface area contributed by atoms with Gasteiger partial charge in [0.15, 0.2) is 0 Å². The van der Waals surface area contributed by atoms with Crippen molar-refractivity contribution in [2.24, 2.45) is 5.73 Å². The number of carbonyl (C=O) groups is 2. The summed E-state index contributed by atoms with van der Waals surface area (Å²) in [6.07, 6.45) is -18.8. The second-order valence-corrected chi connectivity index (χ2v) is 20.0. The molecule has 3 aromatic rings. The van der Waals surface area contributed by atoms with E-state index in [1.54, 1.807) is 18.0 Å². The number of nitrogens with one attached hydrogen (secondary N) is 6. The van der Waals surface area contributed by atoms with Gasteiger partial charge in [-0.2, -0.15) is 0 Å². The van der Waals surface area contributed by atoms with Crippen molar-refractivity contribution in [3.05, 3.63) is 59.4 Å². The Morgan fingerprint density at radius 2 is 1.45 bits per heavy atom. The number of imidazole rings is 1. The molecular formula is C50H86N10O18. The van der Waals surface area contributed by atoms with Crippen LogP contribution in [0.1, 0.15) is 81.0 Å². The van der Waals surface area contributed by atoms with Crippen LogP contribution < -0.4 is 32.3 Å². The van der Waals surface area contributed by atoms with Gasteiger partial charge in [0.2, 0.25) is 5.91 Å². The van der Waals surface area contributed by atoms with E-state index in [-0.39, 0.29) is 38.6 Å². The van der Waals surface area contributed by atoms with Crippen LogP contribution in [-0.2, 0) is 27.4 Å². The summed E-state index contributed by atoms with van der Waals surface area (Å²) in [5.41, 5.74) is 10.0. The molecule has 0 aliphatic carbocycles. The minimum atomic E-state index is -1.90. The van der Waals surface area contributed by atoms with Crippen molar-refractivity contribution in [2.45, 2.75) is 169 Å². The van der Waals surface area contributed by atoms with Gasteiger partial charge in [0.25, 0.3) is 0 Å². The number of ether oxygens (including phenoxy) is 1. The number of nitrogens with zero attached hydrogens (tertiary/aromatic N) is 3. The smallest absolute Gasteiger partial charge is 0.307 e. The predicted octanol–water partition coefficient (Wildman–Crippen LogP) is -6.31. The predicted molar refractivity (Wildman–Crippen MR) is 281 cm³/mol. The van der Waals surface area contributed by atoms with Crippen LogP contribution in [0.4, 0.5) is 5.69 Å². The Morgan fingerprint density at radius 1 is 0.808 bits per heavy atom. The molecule has 2 heterocycles. The number of para-hydroxylation sites is 2. The van der Waals surface area contributed by atoms with Crippen LogP contribution in [0.5, 0.6) is 0 Å². The van der Waals surface area contributed by atoms with Crippen LogP contribution in [0.25, 0.3) is 11.0 Å². The van der Waals surface area contributed by atoms with Crippen LogP contribution in [0, 0.1) is 0 Å². The first kappa shape index (κ1) is 66.3. The summed E-state index contributed by atoms with van der Waals surface area (Å²) in [6.45, 7) is -1.41. The standard InChI is InChI=1S/C50H86N10O18/c1-59(24-39-56-31-9-5-6-10-32(31)57-39)49(76)27-11-13-30-28(19-27)23-60(50(77)34(55-30)20-42(69)78-2)18-8-4-3-7-17-52-48(75)33(14-16-41(68)54-22-36(64)44(71)46(73)38(66)26-62)58-47(74)29(51)12-15-40(67)53-21-35(63)43(70)45(72)37(65)25-61/h5-6,9-11,13,19,29,33-38,41,43-50,52,54-55,58,61-66,68,70-77H,3-4,7-8,12,14-18,20-26,51H2,1-2H3,(H,53,67)(H,56,57)/t29-,33-,34?,35-,36+,37-,38+,41+,43+,44+,45+,46-,47+,48+,49+,50+/m0/s1. The fraction of sp³-hybridized carbons (Fsp3) is 0.700. The van der Waals surface area contributed by atoms with Gasteiger partial charge in [0.05, 0.1) is 62.6 Å². The van der Waals surface area contributed by atoms with Crippen LogP contribution in [-0.4, -0.2) is 254 Å². The third-order valence-electron chi connectivity index (χ3n) is 13.8. The van der Waals surface area contributed by atoms with Gasteiger partial charge in [-0.05, 0) is 81.1 Å². The zero-order chi connectivity index (χ0) is 57.6. The topological polar surface area (TPSA) is 468 Å². The zero-order valence-corrected chi connectivity index (χ0v) is 44.2. The average molecular weight is 1120 g/mol. The highest BCUT2D eigenvalue weighted by molar-refractivity contribution is 5.76. The summed E-state index contributed by atoms with van der Waals surface area (Å²) in [7, 11) is 3.06. The maximum absolute atomic E-state index is 12.5. The summed E-state index contributed by atoms with van der Waals surface area (Å²) in [6, 6.07) is 10.3. The molecule has 1 aliphatic heterocycles. The third-order valence-corrected chi connectivity index (χ3v) is 13.8. The van der Waals surface area contributed by atoms with Gasteiger partial charge in [-0.15, -0.1) is 0 Å². The van der Waals surface area contributed by atoms with Gasteiger partial charge in [-0.3, -0.25) is 35.3 Å². The molecule has 23 N–H and O–H groups in total. The summed E-state index contributed by atoms with van der Waals surface area (Å²) in [4.78, 5) is 36.5. The number of methoxy groups -OCH3 is 1. The van der Waals surface area contributed by atoms with Crippen molar-refractivity contribution in [1.29, 1.82) is 0 Å². The number of unbranched alkanes of at least 4 members (excludes halogenated alkanes) is 3. The Bertz CT molecular complexity index is 2170. The number of aliphatic hydroxyl groups is 15. The Labute approximate surface area is 452 Å². The molecule has 0 radical (unpaired) electrons. The van der Waals surface area contributed by atoms with Gasteiger partial charge < -0.3 is 103 Å². The van der Waals surface area contributed by atoms with Gasteiger partial charge in [-0.1, -0.05) is 31.0 Å². The van der Waals surface area contributed by atoms with E-state index in [4.69, 9.17) is 20.7 Å². The highest BCUT2D eigenvalue weighted by Crippen LogP contribution is 2.31. The summed E-state index contributed by atoms with van der Waals surface area (Å²) in [5.74, 6) is -0.475. The fourth-order valence-corrected chi connectivity index (χ4v) is 8.86. The van der Waals surface area contributed by atoms with Crippen LogP contribution in [0.15, 0.2) is 42.5 Å². The van der Waals surface area contributed by atoms with Crippen LogP contribution in [0.3, 0.4) is 0 Å². The molecule has 16 atom stereocenters. The molecule has 28 heteroatoms. The quantitative estimate of drug-likeness (QED) is 0.0145. The van der Waals surface area contributed by atoms with Crippen molar-refractivity contribution >= 4 is 28.6 Å². The SMILES string of the molecule is COC(=O)CC1Nc2ccc([C@@H](O)N(C)Cc3nc4ccccc4[nH]3)cc2CN(CCCCCCN[C@H](O)[C@H](CC[C@@H](O)NC[C@@H](O)[C@@H](O)[C@@H](O)[C@H](O)CO)N[C@H](O)[C@@H](N)CCC(=O)NC[C@H](O)[C@@H](O)[C@H](O)[C@@H](O)CO)[C@@H]1O. The first-order chi connectivity index (χ1) is 37.1. The summed E-state index contributed by atoms with van der Waals surface area (Å²) >= 11 is 0. The van der Waals surface area contributed by atoms with E-state index in [9.17, 15) is 76.0 Å². The number of amides is 1. The maximum Gasteiger partial charge on any atom is 0.307 e. The number of hydrogen-bond acceptors (Lipinski definition) is 26. The normalized spacial score (nSPS) is 20.7. The van der Waals surface area contributed by atoms with Crippen LogP contribution in [0.2, 0.25) is 0 Å². The number of aliphatic hydroxyl groups excluding tert-OH is 15. The Kier molecular flexibility index (Phi) is 28.5. The number of aromatic nitrogens is 2. The largest absolute Gasteiger partial charge is 0.469 e. The minimum absolute atomic E-state index is 0.0408. The van der Waals surface area contributed by atoms with Crippen LogP contribution >= 0.6 is 0 Å². The molecule has 1 aromatic heterocycles. The van der Waals surface area contributed by atoms with E-state index in [1.807, 2.05) is 41.3 Å². The minimum Gasteiger partial charge on any atom is -0.469 e.